The molecule has 2 heterocycles. The Balaban J connectivity index is 1.63. The third kappa shape index (κ3) is 3.82. The summed E-state index contributed by atoms with van der Waals surface area (Å²) in [5.41, 5.74) is 2.05. The first-order valence-electron chi connectivity index (χ1n) is 7.62. The normalized spacial score (nSPS) is 11.9. The van der Waals surface area contributed by atoms with Crippen LogP contribution >= 0.6 is 0 Å². The van der Waals surface area contributed by atoms with E-state index in [1.165, 1.54) is 12.4 Å². The number of benzene rings is 1. The van der Waals surface area contributed by atoms with Crippen LogP contribution in [0, 0.1) is 0 Å². The van der Waals surface area contributed by atoms with Gasteiger partial charge in [-0.2, -0.15) is 5.10 Å². The summed E-state index contributed by atoms with van der Waals surface area (Å²) in [4.78, 5) is 19.9. The van der Waals surface area contributed by atoms with Gasteiger partial charge in [0.05, 0.1) is 18.4 Å². The fourth-order valence-corrected chi connectivity index (χ4v) is 2.38. The number of nitrogens with one attached hydrogen (secondary N) is 2. The fraction of sp³-hybridized carbons (Fsp3) is 0.176. The molecule has 1 amide bonds. The number of para-hydroxylation sites is 1. The van der Waals surface area contributed by atoms with Crippen LogP contribution in [0.15, 0.2) is 61.3 Å². The van der Waals surface area contributed by atoms with Gasteiger partial charge in [-0.3, -0.25) is 9.78 Å². The van der Waals surface area contributed by atoms with Crippen LogP contribution in [0.4, 0.5) is 5.82 Å². The number of anilines is 1. The molecule has 0 aliphatic rings. The highest BCUT2D eigenvalue weighted by molar-refractivity contribution is 5.91. The number of aromatic nitrogens is 4. The smallest absolute Gasteiger partial charge is 0.239 e. The average molecular weight is 322 g/mol. The molecule has 3 rings (SSSR count). The van der Waals surface area contributed by atoms with Gasteiger partial charge in [-0.25, -0.2) is 9.67 Å². The van der Waals surface area contributed by atoms with E-state index >= 15 is 0 Å². The van der Waals surface area contributed by atoms with Crippen molar-refractivity contribution in [3.05, 3.63) is 66.9 Å². The van der Waals surface area contributed by atoms with Crippen LogP contribution in [0.25, 0.3) is 5.69 Å². The topological polar surface area (TPSA) is 84.7 Å². The number of rotatable bonds is 6. The molecule has 0 aliphatic heterocycles. The molecule has 1 unspecified atom stereocenters. The highest BCUT2D eigenvalue weighted by Gasteiger charge is 2.13. The van der Waals surface area contributed by atoms with Crippen molar-refractivity contribution in [2.75, 3.05) is 11.9 Å². The highest BCUT2D eigenvalue weighted by atomic mass is 16.2. The number of hydrogen-bond donors (Lipinski definition) is 2. The van der Waals surface area contributed by atoms with E-state index in [1.54, 1.807) is 12.4 Å². The van der Waals surface area contributed by atoms with Crippen molar-refractivity contribution in [1.29, 1.82) is 0 Å². The van der Waals surface area contributed by atoms with E-state index in [1.807, 2.05) is 48.1 Å². The lowest BCUT2D eigenvalue weighted by atomic mass is 10.1. The number of carbonyl (C=O) groups excluding carboxylic acids is 1. The Labute approximate surface area is 139 Å². The number of amides is 1. The lowest BCUT2D eigenvalue weighted by Crippen LogP contribution is -2.30. The van der Waals surface area contributed by atoms with Crippen molar-refractivity contribution in [3.63, 3.8) is 0 Å². The zero-order chi connectivity index (χ0) is 16.8. The molecule has 2 aromatic heterocycles. The molecule has 0 radical (unpaired) electrons. The van der Waals surface area contributed by atoms with Gasteiger partial charge in [0, 0.05) is 30.8 Å². The standard InChI is InChI=1S/C17H18N6O/c1-13(20-12-17(24)22-16-11-18-8-9-19-16)14-5-2-3-6-15(14)23-10-4-7-21-23/h2-11,13,20H,12H2,1H3,(H,19,22,24). The van der Waals surface area contributed by atoms with Gasteiger partial charge < -0.3 is 10.6 Å². The molecule has 0 bridgehead atoms. The van der Waals surface area contributed by atoms with Crippen molar-refractivity contribution in [2.24, 2.45) is 0 Å². The number of hydrogen-bond acceptors (Lipinski definition) is 5. The minimum absolute atomic E-state index is 0.0157. The summed E-state index contributed by atoms with van der Waals surface area (Å²) in [7, 11) is 0. The molecule has 3 aromatic rings. The van der Waals surface area contributed by atoms with E-state index in [2.05, 4.69) is 25.7 Å². The van der Waals surface area contributed by atoms with Crippen molar-refractivity contribution < 1.29 is 4.79 Å². The van der Waals surface area contributed by atoms with Crippen LogP contribution in [0.3, 0.4) is 0 Å². The van der Waals surface area contributed by atoms with Crippen LogP contribution in [0.2, 0.25) is 0 Å². The SMILES string of the molecule is CC(NCC(=O)Nc1cnccn1)c1ccccc1-n1cccn1. The van der Waals surface area contributed by atoms with Crippen molar-refractivity contribution in [1.82, 2.24) is 25.1 Å². The summed E-state index contributed by atoms with van der Waals surface area (Å²) >= 11 is 0. The molecule has 7 heteroatoms. The maximum absolute atomic E-state index is 12.0. The molecule has 1 atom stereocenters. The third-order valence-electron chi connectivity index (χ3n) is 3.55. The quantitative estimate of drug-likeness (QED) is 0.724. The average Bonchev–Trinajstić information content (AvgIpc) is 3.15. The molecule has 0 saturated heterocycles. The second kappa shape index (κ2) is 7.47. The second-order valence-electron chi connectivity index (χ2n) is 5.25. The van der Waals surface area contributed by atoms with Gasteiger partial charge in [-0.1, -0.05) is 18.2 Å². The third-order valence-corrected chi connectivity index (χ3v) is 3.55. The molecule has 0 saturated carbocycles. The van der Waals surface area contributed by atoms with E-state index in [9.17, 15) is 4.79 Å². The highest BCUT2D eigenvalue weighted by Crippen LogP contribution is 2.20. The Morgan fingerprint density at radius 2 is 2.08 bits per heavy atom. The zero-order valence-corrected chi connectivity index (χ0v) is 13.3. The molecule has 7 nitrogen and oxygen atoms in total. The summed E-state index contributed by atoms with van der Waals surface area (Å²) in [6, 6.07) is 9.82. The van der Waals surface area contributed by atoms with Crippen molar-refractivity contribution in [2.45, 2.75) is 13.0 Å². The zero-order valence-electron chi connectivity index (χ0n) is 13.3. The van der Waals surface area contributed by atoms with Crippen molar-refractivity contribution in [3.8, 4) is 5.69 Å². The maximum atomic E-state index is 12.0. The predicted octanol–water partition coefficient (Wildman–Crippen LogP) is 1.95. The Hall–Kier alpha value is -3.06. The van der Waals surface area contributed by atoms with Crippen LogP contribution < -0.4 is 10.6 Å². The molecule has 0 spiro atoms. The minimum atomic E-state index is -0.168. The van der Waals surface area contributed by atoms with Crippen LogP contribution in [-0.4, -0.2) is 32.2 Å². The lowest BCUT2D eigenvalue weighted by Gasteiger charge is -2.17. The van der Waals surface area contributed by atoms with E-state index < -0.39 is 0 Å². The predicted molar refractivity (Wildman–Crippen MR) is 90.6 cm³/mol. The maximum Gasteiger partial charge on any atom is 0.239 e. The second-order valence-corrected chi connectivity index (χ2v) is 5.25. The number of nitrogens with zero attached hydrogens (tertiary/aromatic N) is 4. The number of carbonyl (C=O) groups is 1. The van der Waals surface area contributed by atoms with Crippen molar-refractivity contribution >= 4 is 11.7 Å². The molecule has 0 fully saturated rings. The van der Waals surface area contributed by atoms with Gasteiger partial charge in [0.25, 0.3) is 0 Å². The van der Waals surface area contributed by atoms with Crippen LogP contribution in [0.1, 0.15) is 18.5 Å². The summed E-state index contributed by atoms with van der Waals surface area (Å²) < 4.78 is 1.81. The summed E-state index contributed by atoms with van der Waals surface area (Å²) in [5, 5.41) is 10.2. The molecular weight excluding hydrogens is 304 g/mol. The largest absolute Gasteiger partial charge is 0.308 e. The molecular formula is C17H18N6O. The van der Waals surface area contributed by atoms with E-state index in [0.29, 0.717) is 5.82 Å². The van der Waals surface area contributed by atoms with Gasteiger partial charge in [-0.15, -0.1) is 0 Å². The monoisotopic (exact) mass is 322 g/mol. The lowest BCUT2D eigenvalue weighted by molar-refractivity contribution is -0.115. The summed E-state index contributed by atoms with van der Waals surface area (Å²) in [5.74, 6) is 0.271. The first-order chi connectivity index (χ1) is 11.7. The van der Waals surface area contributed by atoms with E-state index in [-0.39, 0.29) is 18.5 Å². The molecule has 24 heavy (non-hydrogen) atoms. The van der Waals surface area contributed by atoms with Gasteiger partial charge in [0.1, 0.15) is 0 Å². The van der Waals surface area contributed by atoms with Gasteiger partial charge in [0.15, 0.2) is 5.82 Å². The first-order valence-corrected chi connectivity index (χ1v) is 7.62. The van der Waals surface area contributed by atoms with Gasteiger partial charge in [0.2, 0.25) is 5.91 Å². The summed E-state index contributed by atoms with van der Waals surface area (Å²) in [6.45, 7) is 2.18. The van der Waals surface area contributed by atoms with E-state index in [4.69, 9.17) is 0 Å². The molecule has 1 aromatic carbocycles. The Bertz CT molecular complexity index is 788. The summed E-state index contributed by atoms with van der Waals surface area (Å²) in [6.07, 6.45) is 8.23. The minimum Gasteiger partial charge on any atom is -0.308 e. The molecule has 2 N–H and O–H groups in total. The first kappa shape index (κ1) is 15.8. The van der Waals surface area contributed by atoms with Gasteiger partial charge in [-0.05, 0) is 24.6 Å². The Morgan fingerprint density at radius 1 is 1.21 bits per heavy atom. The van der Waals surface area contributed by atoms with Crippen LogP contribution in [0.5, 0.6) is 0 Å². The molecule has 0 aliphatic carbocycles. The molecule has 122 valence electrons. The Morgan fingerprint density at radius 3 is 2.83 bits per heavy atom. The van der Waals surface area contributed by atoms with Gasteiger partial charge >= 0.3 is 0 Å². The van der Waals surface area contributed by atoms with Crippen LogP contribution in [-0.2, 0) is 4.79 Å². The fourth-order valence-electron chi connectivity index (χ4n) is 2.38. The Kier molecular flexibility index (Phi) is 4.93. The van der Waals surface area contributed by atoms with E-state index in [0.717, 1.165) is 11.3 Å².